The van der Waals surface area contributed by atoms with Crippen molar-refractivity contribution >= 4 is 33.5 Å². The Labute approximate surface area is 114 Å². The first-order valence-electron chi connectivity index (χ1n) is 5.17. The Balaban J connectivity index is 3.07. The van der Waals surface area contributed by atoms with Gasteiger partial charge in [0.05, 0.1) is 25.5 Å². The predicted octanol–water partition coefficient (Wildman–Crippen LogP) is 3.40. The van der Waals surface area contributed by atoms with E-state index in [9.17, 15) is 4.79 Å². The number of ketones is 1. The molecule has 5 heteroatoms. The molecule has 1 aromatic carbocycles. The van der Waals surface area contributed by atoms with Crippen LogP contribution in [0.15, 0.2) is 16.6 Å². The van der Waals surface area contributed by atoms with Crippen molar-refractivity contribution in [3.8, 4) is 11.5 Å². The number of carbonyl (C=O) groups is 1. The van der Waals surface area contributed by atoms with Crippen LogP contribution in [0.2, 0.25) is 0 Å². The molecule has 0 spiro atoms. The van der Waals surface area contributed by atoms with Gasteiger partial charge in [-0.3, -0.25) is 4.79 Å². The minimum Gasteiger partial charge on any atom is -0.495 e. The van der Waals surface area contributed by atoms with Crippen molar-refractivity contribution in [3.05, 3.63) is 22.2 Å². The van der Waals surface area contributed by atoms with Crippen LogP contribution in [0.3, 0.4) is 0 Å². The Morgan fingerprint density at radius 2 is 2.06 bits per heavy atom. The van der Waals surface area contributed by atoms with Crippen LogP contribution in [0.4, 0.5) is 0 Å². The third kappa shape index (κ3) is 3.39. The largest absolute Gasteiger partial charge is 0.495 e. The quantitative estimate of drug-likeness (QED) is 0.753. The number of hydrogen-bond acceptors (Lipinski definition) is 4. The zero-order valence-electron chi connectivity index (χ0n) is 10.1. The van der Waals surface area contributed by atoms with Crippen LogP contribution in [-0.4, -0.2) is 31.5 Å². The molecule has 0 saturated carbocycles. The maximum Gasteiger partial charge on any atom is 0.176 e. The molecular formula is C12H15BrO3S. The summed E-state index contributed by atoms with van der Waals surface area (Å²) in [6.07, 6.45) is 0. The molecule has 0 bridgehead atoms. The highest BCUT2D eigenvalue weighted by Crippen LogP contribution is 2.37. The second kappa shape index (κ2) is 6.91. The monoisotopic (exact) mass is 318 g/mol. The molecule has 0 aliphatic rings. The lowest BCUT2D eigenvalue weighted by Gasteiger charge is -2.12. The first kappa shape index (κ1) is 14.4. The molecule has 94 valence electrons. The Morgan fingerprint density at radius 3 is 2.59 bits per heavy atom. The van der Waals surface area contributed by atoms with E-state index in [4.69, 9.17) is 9.47 Å². The SMILES string of the molecule is CCSCC(=O)c1ccc(OC)c(Br)c1OC. The molecule has 0 heterocycles. The minimum absolute atomic E-state index is 0.0667. The molecule has 1 rings (SSSR count). The van der Waals surface area contributed by atoms with Gasteiger partial charge < -0.3 is 9.47 Å². The normalized spacial score (nSPS) is 10.1. The van der Waals surface area contributed by atoms with Gasteiger partial charge in [-0.2, -0.15) is 11.8 Å². The van der Waals surface area contributed by atoms with Crippen LogP contribution >= 0.6 is 27.7 Å². The lowest BCUT2D eigenvalue weighted by Crippen LogP contribution is -2.06. The predicted molar refractivity (Wildman–Crippen MR) is 74.6 cm³/mol. The van der Waals surface area contributed by atoms with Crippen molar-refractivity contribution in [2.75, 3.05) is 25.7 Å². The van der Waals surface area contributed by atoms with Crippen LogP contribution in [0.1, 0.15) is 17.3 Å². The van der Waals surface area contributed by atoms with Gasteiger partial charge in [-0.1, -0.05) is 6.92 Å². The second-order valence-corrected chi connectivity index (χ2v) is 5.29. The summed E-state index contributed by atoms with van der Waals surface area (Å²) in [5.41, 5.74) is 0.584. The molecule has 3 nitrogen and oxygen atoms in total. The first-order chi connectivity index (χ1) is 8.15. The summed E-state index contributed by atoms with van der Waals surface area (Å²) in [5.74, 6) is 2.64. The van der Waals surface area contributed by atoms with Crippen molar-refractivity contribution in [2.24, 2.45) is 0 Å². The maximum atomic E-state index is 12.0. The van der Waals surface area contributed by atoms with Crippen LogP contribution in [-0.2, 0) is 0 Å². The Hall–Kier alpha value is -0.680. The molecule has 0 fully saturated rings. The van der Waals surface area contributed by atoms with Gasteiger partial charge in [0.25, 0.3) is 0 Å². The standard InChI is InChI=1S/C12H15BrO3S/c1-4-17-7-9(14)8-5-6-10(15-2)11(13)12(8)16-3/h5-6H,4,7H2,1-3H3. The van der Waals surface area contributed by atoms with Crippen molar-refractivity contribution in [3.63, 3.8) is 0 Å². The third-order valence-corrected chi connectivity index (χ3v) is 3.85. The molecule has 0 aromatic heterocycles. The highest BCUT2D eigenvalue weighted by atomic mass is 79.9. The number of thioether (sulfide) groups is 1. The van der Waals surface area contributed by atoms with Gasteiger partial charge >= 0.3 is 0 Å². The Morgan fingerprint density at radius 1 is 1.35 bits per heavy atom. The average Bonchev–Trinajstić information content (AvgIpc) is 2.35. The maximum absolute atomic E-state index is 12.0. The van der Waals surface area contributed by atoms with E-state index < -0.39 is 0 Å². The van der Waals surface area contributed by atoms with Crippen LogP contribution in [0, 0.1) is 0 Å². The number of hydrogen-bond donors (Lipinski definition) is 0. The van der Waals surface area contributed by atoms with Gasteiger partial charge in [0.2, 0.25) is 0 Å². The fourth-order valence-corrected chi connectivity index (χ4v) is 2.60. The molecule has 17 heavy (non-hydrogen) atoms. The smallest absolute Gasteiger partial charge is 0.176 e. The van der Waals surface area contributed by atoms with Gasteiger partial charge in [-0.25, -0.2) is 0 Å². The summed E-state index contributed by atoms with van der Waals surface area (Å²) < 4.78 is 11.1. The van der Waals surface area contributed by atoms with Gasteiger partial charge in [0.15, 0.2) is 5.78 Å². The first-order valence-corrected chi connectivity index (χ1v) is 7.11. The van der Waals surface area contributed by atoms with E-state index in [0.717, 1.165) is 5.75 Å². The van der Waals surface area contributed by atoms with E-state index in [0.29, 0.717) is 27.3 Å². The van der Waals surface area contributed by atoms with E-state index in [1.54, 1.807) is 38.1 Å². The van der Waals surface area contributed by atoms with Gasteiger partial charge in [-0.15, -0.1) is 0 Å². The zero-order valence-corrected chi connectivity index (χ0v) is 12.5. The van der Waals surface area contributed by atoms with Crippen molar-refractivity contribution in [2.45, 2.75) is 6.92 Å². The van der Waals surface area contributed by atoms with Crippen molar-refractivity contribution in [1.82, 2.24) is 0 Å². The molecule has 0 N–H and O–H groups in total. The number of methoxy groups -OCH3 is 2. The number of benzene rings is 1. The van der Waals surface area contributed by atoms with Crippen LogP contribution in [0.25, 0.3) is 0 Å². The molecule has 0 saturated heterocycles. The molecule has 0 radical (unpaired) electrons. The fourth-order valence-electron chi connectivity index (χ4n) is 1.39. The summed E-state index contributed by atoms with van der Waals surface area (Å²) >= 11 is 4.97. The lowest BCUT2D eigenvalue weighted by atomic mass is 10.1. The highest BCUT2D eigenvalue weighted by molar-refractivity contribution is 9.10. The summed E-state index contributed by atoms with van der Waals surface area (Å²) in [6, 6.07) is 3.50. The summed E-state index contributed by atoms with van der Waals surface area (Å²) in [6.45, 7) is 2.03. The topological polar surface area (TPSA) is 35.5 Å². The van der Waals surface area contributed by atoms with Crippen molar-refractivity contribution < 1.29 is 14.3 Å². The highest BCUT2D eigenvalue weighted by Gasteiger charge is 2.17. The number of carbonyl (C=O) groups excluding carboxylic acids is 1. The van der Waals surface area contributed by atoms with Gasteiger partial charge in [0, 0.05) is 0 Å². The van der Waals surface area contributed by atoms with Gasteiger partial charge in [0.1, 0.15) is 16.0 Å². The Bertz CT molecular complexity index is 407. The fraction of sp³-hybridized carbons (Fsp3) is 0.417. The molecule has 0 amide bonds. The van der Waals surface area contributed by atoms with E-state index >= 15 is 0 Å². The van der Waals surface area contributed by atoms with E-state index in [1.807, 2.05) is 6.92 Å². The van der Waals surface area contributed by atoms with Crippen molar-refractivity contribution in [1.29, 1.82) is 0 Å². The van der Waals surface area contributed by atoms with E-state index in [1.165, 1.54) is 0 Å². The van der Waals surface area contributed by atoms with Crippen LogP contribution in [0.5, 0.6) is 11.5 Å². The molecular weight excluding hydrogens is 304 g/mol. The molecule has 0 aliphatic heterocycles. The third-order valence-electron chi connectivity index (χ3n) is 2.22. The number of halogens is 1. The number of ether oxygens (including phenoxy) is 2. The van der Waals surface area contributed by atoms with Crippen LogP contribution < -0.4 is 9.47 Å². The molecule has 0 atom stereocenters. The summed E-state index contributed by atoms with van der Waals surface area (Å²) in [7, 11) is 3.12. The lowest BCUT2D eigenvalue weighted by molar-refractivity contribution is 0.101. The average molecular weight is 319 g/mol. The molecule has 0 aliphatic carbocycles. The second-order valence-electron chi connectivity index (χ2n) is 3.22. The molecule has 0 unspecified atom stereocenters. The van der Waals surface area contributed by atoms with E-state index in [2.05, 4.69) is 15.9 Å². The Kier molecular flexibility index (Phi) is 5.85. The number of rotatable bonds is 6. The van der Waals surface area contributed by atoms with Gasteiger partial charge in [-0.05, 0) is 33.8 Å². The summed E-state index contributed by atoms with van der Waals surface area (Å²) in [5, 5.41) is 0. The molecule has 1 aromatic rings. The summed E-state index contributed by atoms with van der Waals surface area (Å²) in [4.78, 5) is 12.0. The number of Topliss-reactive ketones (excluding diaryl/α,β-unsaturated/α-hetero) is 1. The minimum atomic E-state index is 0.0667. The zero-order chi connectivity index (χ0) is 12.8. The van der Waals surface area contributed by atoms with E-state index in [-0.39, 0.29) is 5.78 Å².